The molecule has 8 nitrogen and oxygen atoms in total. The lowest BCUT2D eigenvalue weighted by molar-refractivity contribution is 0.354. The van der Waals surface area contributed by atoms with Crippen molar-refractivity contribution < 1.29 is 9.47 Å². The minimum absolute atomic E-state index is 0.0444. The molecular formula is C26H27N5O3. The highest BCUT2D eigenvalue weighted by atomic mass is 16.5. The van der Waals surface area contributed by atoms with Gasteiger partial charge in [0.05, 0.1) is 25.3 Å². The lowest BCUT2D eigenvalue weighted by Gasteiger charge is -2.13. The molecule has 0 saturated heterocycles. The third-order valence-corrected chi connectivity index (χ3v) is 6.41. The van der Waals surface area contributed by atoms with Gasteiger partial charge in [0.25, 0.3) is 5.56 Å². The number of para-hydroxylation sites is 2. The molecule has 0 unspecified atom stereocenters. The van der Waals surface area contributed by atoms with Gasteiger partial charge < -0.3 is 14.0 Å². The fourth-order valence-electron chi connectivity index (χ4n) is 4.32. The van der Waals surface area contributed by atoms with Gasteiger partial charge in [0.2, 0.25) is 0 Å². The minimum Gasteiger partial charge on any atom is -0.493 e. The Hall–Kier alpha value is -3.94. The number of aromatic nitrogens is 5. The molecule has 2 aromatic carbocycles. The van der Waals surface area contributed by atoms with Crippen molar-refractivity contribution >= 4 is 33.2 Å². The zero-order chi connectivity index (χ0) is 23.8. The van der Waals surface area contributed by atoms with Crippen LogP contribution >= 0.6 is 0 Å². The van der Waals surface area contributed by atoms with Crippen LogP contribution in [0.15, 0.2) is 53.6 Å². The van der Waals surface area contributed by atoms with Crippen LogP contribution in [0.3, 0.4) is 0 Å². The van der Waals surface area contributed by atoms with Crippen molar-refractivity contribution in [1.29, 1.82) is 0 Å². The lowest BCUT2D eigenvalue weighted by atomic mass is 10.1. The molecule has 0 aliphatic heterocycles. The van der Waals surface area contributed by atoms with Gasteiger partial charge in [0.15, 0.2) is 22.8 Å². The fourth-order valence-corrected chi connectivity index (χ4v) is 4.32. The van der Waals surface area contributed by atoms with E-state index >= 15 is 0 Å². The molecule has 0 fully saturated rings. The van der Waals surface area contributed by atoms with Crippen LogP contribution < -0.4 is 15.0 Å². The Balaban J connectivity index is 1.69. The highest BCUT2D eigenvalue weighted by molar-refractivity contribution is 6.04. The van der Waals surface area contributed by atoms with E-state index in [0.29, 0.717) is 46.7 Å². The van der Waals surface area contributed by atoms with Crippen molar-refractivity contribution in [2.75, 3.05) is 14.2 Å². The smallest absolute Gasteiger partial charge is 0.265 e. The maximum Gasteiger partial charge on any atom is 0.265 e. The van der Waals surface area contributed by atoms with Gasteiger partial charge >= 0.3 is 0 Å². The molecule has 0 radical (unpaired) electrons. The first-order chi connectivity index (χ1) is 16.5. The van der Waals surface area contributed by atoms with Crippen molar-refractivity contribution in [1.82, 2.24) is 24.1 Å². The van der Waals surface area contributed by atoms with Gasteiger partial charge in [-0.15, -0.1) is 0 Å². The predicted molar refractivity (Wildman–Crippen MR) is 133 cm³/mol. The van der Waals surface area contributed by atoms with Crippen LogP contribution in [0.5, 0.6) is 11.5 Å². The molecule has 0 aliphatic rings. The van der Waals surface area contributed by atoms with Crippen LogP contribution in [0, 0.1) is 0 Å². The SMILES string of the molecule is CC[C@@H](C)n1cnc2c(c1=O)c1nc3ccccc3nc1n2CCc1ccc(OC)c(OC)c1. The van der Waals surface area contributed by atoms with Gasteiger partial charge in [0.1, 0.15) is 17.2 Å². The van der Waals surface area contributed by atoms with Crippen LogP contribution in [0.25, 0.3) is 33.2 Å². The summed E-state index contributed by atoms with van der Waals surface area (Å²) in [5.41, 5.74) is 4.40. The standard InChI is InChI=1S/C26H27N5O3/c1-5-16(2)31-15-27-24-22(26(31)32)23-25(29-19-9-7-6-8-18(19)28-23)30(24)13-12-17-10-11-20(33-3)21(14-17)34-4/h6-11,14-16H,5,12-13H2,1-4H3/t16-/m1/s1. The van der Waals surface area contributed by atoms with E-state index in [2.05, 4.69) is 6.92 Å². The maximum absolute atomic E-state index is 13.5. The third-order valence-electron chi connectivity index (χ3n) is 6.41. The Morgan fingerprint density at radius 3 is 2.41 bits per heavy atom. The molecule has 5 rings (SSSR count). The summed E-state index contributed by atoms with van der Waals surface area (Å²) in [6.45, 7) is 4.66. The Kier molecular flexibility index (Phi) is 5.65. The first-order valence-corrected chi connectivity index (χ1v) is 11.4. The van der Waals surface area contributed by atoms with Crippen LogP contribution in [0.2, 0.25) is 0 Å². The average Bonchev–Trinajstić information content (AvgIpc) is 3.18. The Morgan fingerprint density at radius 1 is 0.971 bits per heavy atom. The van der Waals surface area contributed by atoms with Crippen molar-refractivity contribution in [2.45, 2.75) is 39.3 Å². The minimum atomic E-state index is -0.0844. The molecule has 174 valence electrons. The van der Waals surface area contributed by atoms with E-state index < -0.39 is 0 Å². The van der Waals surface area contributed by atoms with Crippen molar-refractivity contribution in [3.8, 4) is 11.5 Å². The summed E-state index contributed by atoms with van der Waals surface area (Å²) in [5.74, 6) is 1.37. The first-order valence-electron chi connectivity index (χ1n) is 11.4. The number of hydrogen-bond donors (Lipinski definition) is 0. The van der Waals surface area contributed by atoms with Crippen LogP contribution in [0.4, 0.5) is 0 Å². The Bertz CT molecular complexity index is 1570. The number of aryl methyl sites for hydroxylation is 2. The summed E-state index contributed by atoms with van der Waals surface area (Å²) in [5, 5.41) is 0.517. The van der Waals surface area contributed by atoms with E-state index in [1.165, 1.54) is 0 Å². The summed E-state index contributed by atoms with van der Waals surface area (Å²) >= 11 is 0. The summed E-state index contributed by atoms with van der Waals surface area (Å²) in [4.78, 5) is 28.0. The van der Waals surface area contributed by atoms with Gasteiger partial charge in [-0.25, -0.2) is 15.0 Å². The molecule has 0 amide bonds. The number of nitrogens with zero attached hydrogens (tertiary/aromatic N) is 5. The quantitative estimate of drug-likeness (QED) is 0.357. The second-order valence-electron chi connectivity index (χ2n) is 8.39. The zero-order valence-corrected chi connectivity index (χ0v) is 19.8. The number of fused-ring (bicyclic) bond motifs is 4. The normalized spacial score (nSPS) is 12.5. The number of benzene rings is 2. The summed E-state index contributed by atoms with van der Waals surface area (Å²) in [6, 6.07) is 13.6. The molecule has 0 saturated carbocycles. The Labute approximate surface area is 196 Å². The van der Waals surface area contributed by atoms with Gasteiger partial charge in [-0.2, -0.15) is 0 Å². The molecule has 3 heterocycles. The molecule has 0 aliphatic carbocycles. The van der Waals surface area contributed by atoms with E-state index in [1.54, 1.807) is 25.1 Å². The monoisotopic (exact) mass is 457 g/mol. The molecule has 5 aromatic rings. The van der Waals surface area contributed by atoms with Crippen molar-refractivity contribution in [3.63, 3.8) is 0 Å². The molecule has 34 heavy (non-hydrogen) atoms. The van der Waals surface area contributed by atoms with Crippen LogP contribution in [-0.4, -0.2) is 38.3 Å². The maximum atomic E-state index is 13.5. The zero-order valence-electron chi connectivity index (χ0n) is 19.8. The van der Waals surface area contributed by atoms with Crippen LogP contribution in [-0.2, 0) is 13.0 Å². The number of rotatable bonds is 7. The fraction of sp³-hybridized carbons (Fsp3) is 0.308. The molecule has 0 spiro atoms. The highest BCUT2D eigenvalue weighted by Crippen LogP contribution is 2.29. The topological polar surface area (TPSA) is 84.1 Å². The van der Waals surface area contributed by atoms with Gasteiger partial charge in [-0.3, -0.25) is 9.36 Å². The van der Waals surface area contributed by atoms with Gasteiger partial charge in [0, 0.05) is 12.6 Å². The number of hydrogen-bond acceptors (Lipinski definition) is 6. The van der Waals surface area contributed by atoms with Gasteiger partial charge in [-0.05, 0) is 49.6 Å². The number of ether oxygens (including phenoxy) is 2. The van der Waals surface area contributed by atoms with E-state index in [4.69, 9.17) is 24.4 Å². The van der Waals surface area contributed by atoms with Crippen molar-refractivity contribution in [3.05, 3.63) is 64.7 Å². The highest BCUT2D eigenvalue weighted by Gasteiger charge is 2.21. The van der Waals surface area contributed by atoms with E-state index in [1.807, 2.05) is 54.0 Å². The molecule has 8 heteroatoms. The molecule has 0 N–H and O–H groups in total. The second-order valence-corrected chi connectivity index (χ2v) is 8.39. The molecule has 0 bridgehead atoms. The third kappa shape index (κ3) is 3.55. The summed E-state index contributed by atoms with van der Waals surface area (Å²) in [7, 11) is 3.25. The lowest BCUT2D eigenvalue weighted by Crippen LogP contribution is -2.23. The van der Waals surface area contributed by atoms with Crippen molar-refractivity contribution in [2.24, 2.45) is 0 Å². The van der Waals surface area contributed by atoms with E-state index in [9.17, 15) is 4.79 Å². The molecule has 3 aromatic heterocycles. The second kappa shape index (κ2) is 8.78. The van der Waals surface area contributed by atoms with Gasteiger partial charge in [-0.1, -0.05) is 25.1 Å². The largest absolute Gasteiger partial charge is 0.493 e. The molecular weight excluding hydrogens is 430 g/mol. The van der Waals surface area contributed by atoms with Crippen LogP contribution in [0.1, 0.15) is 31.9 Å². The molecule has 1 atom stereocenters. The average molecular weight is 458 g/mol. The Morgan fingerprint density at radius 2 is 1.71 bits per heavy atom. The van der Waals surface area contributed by atoms with E-state index in [-0.39, 0.29) is 11.6 Å². The summed E-state index contributed by atoms with van der Waals surface area (Å²) < 4.78 is 14.5. The predicted octanol–water partition coefficient (Wildman–Crippen LogP) is 4.53. The first kappa shape index (κ1) is 21.9. The number of methoxy groups -OCH3 is 2. The van der Waals surface area contributed by atoms with E-state index in [0.717, 1.165) is 23.0 Å². The summed E-state index contributed by atoms with van der Waals surface area (Å²) in [6.07, 6.45) is 3.17.